The van der Waals surface area contributed by atoms with E-state index in [1.807, 2.05) is 13.8 Å². The molecule has 0 saturated carbocycles. The van der Waals surface area contributed by atoms with E-state index in [1.54, 1.807) is 4.31 Å². The highest BCUT2D eigenvalue weighted by Crippen LogP contribution is 2.33. The average molecular weight is 261 g/mol. The molecule has 100 valence electrons. The van der Waals surface area contributed by atoms with Gasteiger partial charge < -0.3 is 5.32 Å². The lowest BCUT2D eigenvalue weighted by molar-refractivity contribution is 0.178. The summed E-state index contributed by atoms with van der Waals surface area (Å²) in [6, 6.07) is 0.377. The Hall–Kier alpha value is -0.170. The van der Waals surface area contributed by atoms with E-state index >= 15 is 0 Å². The third kappa shape index (κ3) is 2.81. The van der Waals surface area contributed by atoms with Crippen molar-refractivity contribution in [2.24, 2.45) is 0 Å². The molecule has 2 heterocycles. The van der Waals surface area contributed by atoms with Gasteiger partial charge in [0.2, 0.25) is 10.0 Å². The molecule has 2 aliphatic rings. The number of piperazine rings is 1. The SMILES string of the molecule is CC1(C)CC(N2CCNCC2)CN1S(C)(=O)=O. The first-order valence-electron chi connectivity index (χ1n) is 6.23. The Kier molecular flexibility index (Phi) is 3.51. The van der Waals surface area contributed by atoms with Crippen LogP contribution in [0.25, 0.3) is 0 Å². The second-order valence-electron chi connectivity index (χ2n) is 5.75. The van der Waals surface area contributed by atoms with Crippen LogP contribution in [0.2, 0.25) is 0 Å². The van der Waals surface area contributed by atoms with Crippen LogP contribution >= 0.6 is 0 Å². The minimum absolute atomic E-state index is 0.247. The molecule has 2 rings (SSSR count). The Morgan fingerprint density at radius 2 is 1.82 bits per heavy atom. The number of sulfonamides is 1. The Morgan fingerprint density at radius 1 is 1.24 bits per heavy atom. The summed E-state index contributed by atoms with van der Waals surface area (Å²) in [6.07, 6.45) is 2.24. The molecule has 2 aliphatic heterocycles. The minimum Gasteiger partial charge on any atom is -0.314 e. The Morgan fingerprint density at radius 3 is 2.29 bits per heavy atom. The molecule has 0 aliphatic carbocycles. The van der Waals surface area contributed by atoms with Crippen LogP contribution in [0.4, 0.5) is 0 Å². The number of nitrogens with zero attached hydrogens (tertiary/aromatic N) is 2. The first kappa shape index (κ1) is 13.3. The maximum atomic E-state index is 11.8. The standard InChI is InChI=1S/C11H23N3O2S/c1-11(2)8-10(9-14(11)17(3,15)16)13-6-4-12-5-7-13/h10,12H,4-9H2,1-3H3. The molecule has 0 amide bonds. The Bertz CT molecular complexity index is 374. The quantitative estimate of drug-likeness (QED) is 0.742. The van der Waals surface area contributed by atoms with Crippen LogP contribution in [-0.2, 0) is 10.0 Å². The summed E-state index contributed by atoms with van der Waals surface area (Å²) in [4.78, 5) is 2.42. The van der Waals surface area contributed by atoms with Crippen LogP contribution in [0.1, 0.15) is 20.3 Å². The minimum atomic E-state index is -3.09. The maximum absolute atomic E-state index is 11.8. The lowest BCUT2D eigenvalue weighted by Gasteiger charge is -2.32. The number of hydrogen-bond acceptors (Lipinski definition) is 4. The second-order valence-corrected chi connectivity index (χ2v) is 7.66. The molecule has 17 heavy (non-hydrogen) atoms. The predicted octanol–water partition coefficient (Wildman–Crippen LogP) is -0.296. The molecule has 2 saturated heterocycles. The summed E-state index contributed by atoms with van der Waals surface area (Å²) < 4.78 is 25.2. The van der Waals surface area contributed by atoms with Gasteiger partial charge in [-0.3, -0.25) is 4.90 Å². The molecule has 1 atom stereocenters. The van der Waals surface area contributed by atoms with Gasteiger partial charge in [0.05, 0.1) is 6.26 Å². The van der Waals surface area contributed by atoms with Gasteiger partial charge >= 0.3 is 0 Å². The molecule has 0 radical (unpaired) electrons. The van der Waals surface area contributed by atoms with Crippen molar-refractivity contribution in [3.05, 3.63) is 0 Å². The van der Waals surface area contributed by atoms with E-state index < -0.39 is 10.0 Å². The van der Waals surface area contributed by atoms with Crippen molar-refractivity contribution in [2.75, 3.05) is 39.0 Å². The Labute approximate surface area is 104 Å². The van der Waals surface area contributed by atoms with Crippen LogP contribution in [0.3, 0.4) is 0 Å². The molecule has 1 unspecified atom stereocenters. The van der Waals surface area contributed by atoms with Gasteiger partial charge in [0.15, 0.2) is 0 Å². The molecule has 0 aromatic heterocycles. The van der Waals surface area contributed by atoms with Gasteiger partial charge in [-0.05, 0) is 20.3 Å². The van der Waals surface area contributed by atoms with Crippen LogP contribution in [0, 0.1) is 0 Å². The summed E-state index contributed by atoms with van der Waals surface area (Å²) in [5.41, 5.74) is -0.247. The van der Waals surface area contributed by atoms with Crippen molar-refractivity contribution in [3.63, 3.8) is 0 Å². The van der Waals surface area contributed by atoms with Crippen LogP contribution < -0.4 is 5.32 Å². The van der Waals surface area contributed by atoms with Crippen molar-refractivity contribution in [1.82, 2.24) is 14.5 Å². The fourth-order valence-corrected chi connectivity index (χ4v) is 4.47. The van der Waals surface area contributed by atoms with Gasteiger partial charge in [-0.25, -0.2) is 8.42 Å². The van der Waals surface area contributed by atoms with Crippen molar-refractivity contribution in [1.29, 1.82) is 0 Å². The van der Waals surface area contributed by atoms with E-state index in [9.17, 15) is 8.42 Å². The zero-order valence-corrected chi connectivity index (χ0v) is 11.8. The number of hydrogen-bond donors (Lipinski definition) is 1. The summed E-state index contributed by atoms with van der Waals surface area (Å²) in [5.74, 6) is 0. The highest BCUT2D eigenvalue weighted by molar-refractivity contribution is 7.88. The molecular formula is C11H23N3O2S. The largest absolute Gasteiger partial charge is 0.314 e. The summed E-state index contributed by atoms with van der Waals surface area (Å²) in [5, 5.41) is 3.33. The van der Waals surface area contributed by atoms with Crippen LogP contribution in [-0.4, -0.2) is 68.2 Å². The molecule has 5 nitrogen and oxygen atoms in total. The summed E-state index contributed by atoms with van der Waals surface area (Å²) in [6.45, 7) is 8.76. The van der Waals surface area contributed by atoms with Gasteiger partial charge in [-0.2, -0.15) is 4.31 Å². The average Bonchev–Trinajstić information content (AvgIpc) is 2.55. The normalized spacial score (nSPS) is 31.8. The molecule has 0 bridgehead atoms. The fourth-order valence-electron chi connectivity index (χ4n) is 3.06. The van der Waals surface area contributed by atoms with E-state index in [1.165, 1.54) is 6.26 Å². The lowest BCUT2D eigenvalue weighted by atomic mass is 10.0. The molecule has 2 fully saturated rings. The molecule has 0 spiro atoms. The van der Waals surface area contributed by atoms with Crippen molar-refractivity contribution in [3.8, 4) is 0 Å². The van der Waals surface area contributed by atoms with Gasteiger partial charge in [-0.1, -0.05) is 0 Å². The third-order valence-electron chi connectivity index (χ3n) is 3.86. The van der Waals surface area contributed by atoms with Gasteiger partial charge in [-0.15, -0.1) is 0 Å². The van der Waals surface area contributed by atoms with Gasteiger partial charge in [0, 0.05) is 44.3 Å². The molecule has 0 aromatic rings. The summed E-state index contributed by atoms with van der Waals surface area (Å²) >= 11 is 0. The monoisotopic (exact) mass is 261 g/mol. The smallest absolute Gasteiger partial charge is 0.211 e. The predicted molar refractivity (Wildman–Crippen MR) is 68.5 cm³/mol. The van der Waals surface area contributed by atoms with Crippen molar-refractivity contribution < 1.29 is 8.42 Å². The van der Waals surface area contributed by atoms with E-state index in [0.717, 1.165) is 32.6 Å². The molecule has 6 heteroatoms. The maximum Gasteiger partial charge on any atom is 0.211 e. The zero-order valence-electron chi connectivity index (χ0n) is 10.9. The van der Waals surface area contributed by atoms with Crippen molar-refractivity contribution in [2.45, 2.75) is 31.8 Å². The Balaban J connectivity index is 2.10. The number of rotatable bonds is 2. The van der Waals surface area contributed by atoms with Crippen LogP contribution in [0.15, 0.2) is 0 Å². The zero-order chi connectivity index (χ0) is 12.7. The van der Waals surface area contributed by atoms with Crippen molar-refractivity contribution >= 4 is 10.0 Å². The van der Waals surface area contributed by atoms with E-state index in [0.29, 0.717) is 12.6 Å². The number of nitrogens with one attached hydrogen (secondary N) is 1. The first-order chi connectivity index (χ1) is 7.81. The topological polar surface area (TPSA) is 52.6 Å². The molecular weight excluding hydrogens is 238 g/mol. The summed E-state index contributed by atoms with van der Waals surface area (Å²) in [7, 11) is -3.09. The third-order valence-corrected chi connectivity index (χ3v) is 5.30. The van der Waals surface area contributed by atoms with Gasteiger partial charge in [0.1, 0.15) is 0 Å². The second kappa shape index (κ2) is 4.50. The van der Waals surface area contributed by atoms with E-state index in [2.05, 4.69) is 10.2 Å². The van der Waals surface area contributed by atoms with Crippen LogP contribution in [0.5, 0.6) is 0 Å². The van der Waals surface area contributed by atoms with E-state index in [-0.39, 0.29) is 5.54 Å². The molecule has 1 N–H and O–H groups in total. The molecule has 0 aromatic carbocycles. The lowest BCUT2D eigenvalue weighted by Crippen LogP contribution is -2.49. The van der Waals surface area contributed by atoms with E-state index in [4.69, 9.17) is 0 Å². The highest BCUT2D eigenvalue weighted by Gasteiger charge is 2.45. The fraction of sp³-hybridized carbons (Fsp3) is 1.00. The van der Waals surface area contributed by atoms with Gasteiger partial charge in [0.25, 0.3) is 0 Å². The first-order valence-corrected chi connectivity index (χ1v) is 8.08. The highest BCUT2D eigenvalue weighted by atomic mass is 32.2.